The quantitative estimate of drug-likeness (QED) is 0.0437. The van der Waals surface area contributed by atoms with Gasteiger partial charge in [0.25, 0.3) is 0 Å². The van der Waals surface area contributed by atoms with Crippen molar-refractivity contribution in [2.24, 2.45) is 0 Å². The Morgan fingerprint density at radius 1 is 0.696 bits per heavy atom. The fourth-order valence-electron chi connectivity index (χ4n) is 7.28. The van der Waals surface area contributed by atoms with Crippen molar-refractivity contribution in [2.75, 3.05) is 13.9 Å². The van der Waals surface area contributed by atoms with Gasteiger partial charge in [0.2, 0.25) is 0 Å². The Bertz CT molecular complexity index is 991. The van der Waals surface area contributed by atoms with Crippen LogP contribution in [-0.2, 0) is 13.9 Å². The van der Waals surface area contributed by atoms with E-state index in [-0.39, 0.29) is 11.1 Å². The van der Waals surface area contributed by atoms with Gasteiger partial charge >= 0.3 is 280 Å². The summed E-state index contributed by atoms with van der Waals surface area (Å²) in [6.07, 6.45) is 19.9. The van der Waals surface area contributed by atoms with Crippen LogP contribution in [0.15, 0.2) is 72.8 Å². The first-order valence-electron chi connectivity index (χ1n) is 18.8. The third-order valence-corrected chi connectivity index (χ3v) is 31.0. The Morgan fingerprint density at radius 3 is 1.61 bits per heavy atom. The molecule has 3 nitrogen and oxygen atoms in total. The second-order valence-electron chi connectivity index (χ2n) is 14.6. The third-order valence-electron chi connectivity index (χ3n) is 9.90. The molecule has 0 bridgehead atoms. The molecule has 0 saturated carbocycles. The van der Waals surface area contributed by atoms with Crippen molar-refractivity contribution in [1.29, 1.82) is 0 Å². The average molecular weight is 758 g/mol. The number of unbranched alkanes of at least 4 members (excludes halogenated alkanes) is 5. The summed E-state index contributed by atoms with van der Waals surface area (Å²) in [6, 6.07) is 22.3. The number of rotatable bonds is 25. The summed E-state index contributed by atoms with van der Waals surface area (Å²) in [5, 5.41) is 2.75. The molecule has 0 saturated heterocycles. The second kappa shape index (κ2) is 22.7. The van der Waals surface area contributed by atoms with Gasteiger partial charge in [-0.1, -0.05) is 12.1 Å². The molecular weight excluding hydrogens is 687 g/mol. The van der Waals surface area contributed by atoms with Gasteiger partial charge in [-0.15, -0.1) is 0 Å². The van der Waals surface area contributed by atoms with Gasteiger partial charge in [-0.3, -0.25) is 0 Å². The molecule has 0 aliphatic heterocycles. The maximum atomic E-state index is 7.63. The van der Waals surface area contributed by atoms with Crippen LogP contribution in [0.2, 0.25) is 18.3 Å². The average Bonchev–Trinajstić information content (AvgIpc) is 3.07. The van der Waals surface area contributed by atoms with E-state index in [4.69, 9.17) is 13.9 Å². The molecule has 2 aromatic rings. The van der Waals surface area contributed by atoms with Gasteiger partial charge in [-0.05, 0) is 0 Å². The molecule has 260 valence electrons. The van der Waals surface area contributed by atoms with E-state index in [1.54, 1.807) is 7.11 Å². The van der Waals surface area contributed by atoms with E-state index in [1.165, 1.54) is 75.1 Å². The fourth-order valence-corrected chi connectivity index (χ4v) is 28.4. The summed E-state index contributed by atoms with van der Waals surface area (Å²) in [5.74, 6) is 0. The van der Waals surface area contributed by atoms with Crippen molar-refractivity contribution in [3.8, 4) is 0 Å². The number of hydrogen-bond acceptors (Lipinski definition) is 3. The second-order valence-corrected chi connectivity index (χ2v) is 32.5. The molecule has 5 heteroatoms. The van der Waals surface area contributed by atoms with Crippen LogP contribution in [0.3, 0.4) is 0 Å². The molecule has 0 aliphatic carbocycles. The van der Waals surface area contributed by atoms with E-state index in [0.29, 0.717) is 10.9 Å². The van der Waals surface area contributed by atoms with E-state index >= 15 is 0 Å². The van der Waals surface area contributed by atoms with Crippen molar-refractivity contribution in [1.82, 2.24) is 0 Å². The zero-order valence-electron chi connectivity index (χ0n) is 31.1. The number of benzene rings is 2. The first-order valence-corrected chi connectivity index (χ1v) is 28.4. The Hall–Kier alpha value is -0.924. The molecule has 0 N–H and O–H groups in total. The van der Waals surface area contributed by atoms with Crippen LogP contribution in [0.25, 0.3) is 0 Å². The molecule has 2 aromatic carbocycles. The summed E-state index contributed by atoms with van der Waals surface area (Å²) in [4.78, 5) is 0. The van der Waals surface area contributed by atoms with Crippen LogP contribution in [0, 0.1) is 0 Å². The van der Waals surface area contributed by atoms with Crippen molar-refractivity contribution >= 4 is 37.1 Å². The molecule has 0 aliphatic rings. The Balaban J connectivity index is 2.33. The summed E-state index contributed by atoms with van der Waals surface area (Å²) < 4.78 is 24.3. The van der Waals surface area contributed by atoms with Crippen LogP contribution in [-0.4, -0.2) is 50.8 Å². The number of hydrogen-bond donors (Lipinski definition) is 0. The molecule has 0 unspecified atom stereocenters. The van der Waals surface area contributed by atoms with Crippen molar-refractivity contribution in [3.05, 3.63) is 72.8 Å². The minimum absolute atomic E-state index is 0.00220. The van der Waals surface area contributed by atoms with E-state index in [2.05, 4.69) is 121 Å². The van der Waals surface area contributed by atoms with Crippen LogP contribution in [0.4, 0.5) is 0 Å². The fraction of sp³-hybridized carbons (Fsp3) is 0.659. The van der Waals surface area contributed by atoms with E-state index in [9.17, 15) is 0 Å². The molecule has 0 heterocycles. The maximum absolute atomic E-state index is 7.63. The topological polar surface area (TPSA) is 27.7 Å². The molecule has 0 aromatic heterocycles. The van der Waals surface area contributed by atoms with Crippen molar-refractivity contribution in [2.45, 2.75) is 154 Å². The van der Waals surface area contributed by atoms with E-state index in [1.807, 2.05) is 0 Å². The standard InChI is InChI=1S/C29H43O3Si.3C4H9.Sn/c1-6-7-18-26(19-12-8-9-17-24-31-25-30-5)32-33(29(2,3)4,27-20-13-10-14-21-27)28-22-15-11-16-23-28;3*1-3-4-2;/h9-11,13-17,20-24,26H,6-8,12,18-19,25H2,1-5H3;3*1,3-4H2,2H3;/b17-9+;;;;/t26-;;;;/m0..../s1. The van der Waals surface area contributed by atoms with Crippen LogP contribution in [0.1, 0.15) is 126 Å². The third kappa shape index (κ3) is 12.5. The summed E-state index contributed by atoms with van der Waals surface area (Å²) in [7, 11) is -0.803. The van der Waals surface area contributed by atoms with Gasteiger partial charge in [-0.2, -0.15) is 0 Å². The SMILES string of the molecule is CCCC[C@@H](CCC/C=C/[C@H](OCOC)[Sn]([CH2]CCC)([CH2]CCC)[CH2]CCC)O[Si](c1ccccc1)(c1ccccc1)C(C)(C)C. The molecular formula is C41H70O3SiSn. The van der Waals surface area contributed by atoms with Gasteiger partial charge < -0.3 is 0 Å². The predicted octanol–water partition coefficient (Wildman–Crippen LogP) is 11.2. The van der Waals surface area contributed by atoms with Gasteiger partial charge in [0, 0.05) is 0 Å². The number of allylic oxidation sites excluding steroid dienone is 1. The first kappa shape index (κ1) is 41.2. The Morgan fingerprint density at radius 2 is 1.17 bits per heavy atom. The van der Waals surface area contributed by atoms with Gasteiger partial charge in [0.1, 0.15) is 0 Å². The molecule has 46 heavy (non-hydrogen) atoms. The summed E-state index contributed by atoms with van der Waals surface area (Å²) in [5.41, 5.74) is 0. The van der Waals surface area contributed by atoms with Crippen molar-refractivity contribution in [3.63, 3.8) is 0 Å². The van der Waals surface area contributed by atoms with Crippen LogP contribution < -0.4 is 10.4 Å². The molecule has 2 rings (SSSR count). The monoisotopic (exact) mass is 758 g/mol. The van der Waals surface area contributed by atoms with Crippen LogP contribution in [0.5, 0.6) is 0 Å². The molecule has 2 atom stereocenters. The zero-order valence-corrected chi connectivity index (χ0v) is 35.0. The normalized spacial score (nSPS) is 14.2. The first-order chi connectivity index (χ1) is 22.2. The molecule has 0 spiro atoms. The number of methoxy groups -OCH3 is 1. The van der Waals surface area contributed by atoms with E-state index in [0.717, 1.165) is 25.7 Å². The molecule has 0 radical (unpaired) electrons. The summed E-state index contributed by atoms with van der Waals surface area (Å²) >= 11 is -2.61. The minimum atomic E-state index is -2.61. The molecule has 0 fully saturated rings. The zero-order chi connectivity index (χ0) is 33.7. The number of ether oxygens (including phenoxy) is 2. The van der Waals surface area contributed by atoms with Crippen LogP contribution >= 0.6 is 0 Å². The predicted molar refractivity (Wildman–Crippen MR) is 207 cm³/mol. The van der Waals surface area contributed by atoms with Crippen molar-refractivity contribution < 1.29 is 13.9 Å². The Labute approximate surface area is 290 Å². The van der Waals surface area contributed by atoms with Gasteiger partial charge in [0.15, 0.2) is 0 Å². The van der Waals surface area contributed by atoms with Gasteiger partial charge in [0.05, 0.1) is 0 Å². The Kier molecular flexibility index (Phi) is 20.3. The summed E-state index contributed by atoms with van der Waals surface area (Å²) in [6.45, 7) is 16.9. The van der Waals surface area contributed by atoms with E-state index < -0.39 is 26.7 Å². The van der Waals surface area contributed by atoms with Gasteiger partial charge in [-0.25, -0.2) is 0 Å². The molecule has 0 amide bonds.